The second kappa shape index (κ2) is 6.84. The maximum atomic E-state index is 12.8. The third-order valence-electron chi connectivity index (χ3n) is 3.51. The third kappa shape index (κ3) is 3.52. The van der Waals surface area contributed by atoms with Crippen molar-refractivity contribution in [3.05, 3.63) is 27.5 Å². The minimum Gasteiger partial charge on any atom is -0.490 e. The summed E-state index contributed by atoms with van der Waals surface area (Å²) in [7, 11) is 0. The summed E-state index contributed by atoms with van der Waals surface area (Å²) in [6.45, 7) is 10.1. The van der Waals surface area contributed by atoms with Crippen molar-refractivity contribution in [2.45, 2.75) is 53.6 Å². The fraction of sp³-hybridized carbons (Fsp3) is 0.588. The van der Waals surface area contributed by atoms with Crippen LogP contribution in [0.25, 0.3) is 10.1 Å². The highest BCUT2D eigenvalue weighted by Gasteiger charge is 2.21. The Morgan fingerprint density at radius 2 is 2.09 bits per heavy atom. The van der Waals surface area contributed by atoms with Crippen LogP contribution in [0.1, 0.15) is 46.2 Å². The maximum absolute atomic E-state index is 12.8. The number of unbranched alkanes of at least 4 members (excludes halogenated alkanes) is 1. The van der Waals surface area contributed by atoms with Gasteiger partial charge in [-0.1, -0.05) is 34.1 Å². The monoisotopic (exact) mass is 322 g/mol. The molecule has 0 saturated heterocycles. The van der Waals surface area contributed by atoms with Crippen LogP contribution in [0.4, 0.5) is 0 Å². The van der Waals surface area contributed by atoms with Gasteiger partial charge in [0.1, 0.15) is 0 Å². The molecule has 2 aromatic rings. The molecule has 0 aromatic carbocycles. The molecule has 2 N–H and O–H groups in total. The summed E-state index contributed by atoms with van der Waals surface area (Å²) >= 11 is 1.55. The summed E-state index contributed by atoms with van der Waals surface area (Å²) in [5.74, 6) is 0.796. The lowest BCUT2D eigenvalue weighted by molar-refractivity contribution is 0.295. The first kappa shape index (κ1) is 17.0. The van der Waals surface area contributed by atoms with Crippen molar-refractivity contribution in [1.29, 1.82) is 0 Å². The van der Waals surface area contributed by atoms with Crippen LogP contribution < -0.4 is 16.0 Å². The Morgan fingerprint density at radius 3 is 2.68 bits per heavy atom. The number of nitrogens with two attached hydrogens (primary N) is 1. The standard InChI is InChI=1S/C17H26N2O2S/c1-5-6-8-21-14-13(10-18)19(11-17(2,3)4)16(20)12-7-9-22-15(12)14/h7,9H,5-6,8,10-11,18H2,1-4H3. The molecule has 2 aromatic heterocycles. The summed E-state index contributed by atoms with van der Waals surface area (Å²) in [4.78, 5) is 12.8. The molecule has 0 radical (unpaired) electrons. The van der Waals surface area contributed by atoms with Gasteiger partial charge in [-0.15, -0.1) is 11.3 Å². The Kier molecular flexibility index (Phi) is 5.29. The Balaban J connectivity index is 2.62. The molecule has 0 aliphatic heterocycles. The number of aromatic nitrogens is 1. The number of pyridine rings is 1. The first-order valence-corrected chi connectivity index (χ1v) is 8.72. The zero-order valence-corrected chi connectivity index (χ0v) is 14.8. The summed E-state index contributed by atoms with van der Waals surface area (Å²) in [5, 5.41) is 2.68. The van der Waals surface area contributed by atoms with E-state index in [-0.39, 0.29) is 11.0 Å². The summed E-state index contributed by atoms with van der Waals surface area (Å²) in [6, 6.07) is 1.88. The fourth-order valence-electron chi connectivity index (χ4n) is 2.49. The van der Waals surface area contributed by atoms with Gasteiger partial charge in [0.25, 0.3) is 5.56 Å². The van der Waals surface area contributed by atoms with E-state index >= 15 is 0 Å². The summed E-state index contributed by atoms with van der Waals surface area (Å²) in [5.41, 5.74) is 6.81. The molecule has 0 bridgehead atoms. The number of ether oxygens (including phenoxy) is 1. The van der Waals surface area contributed by atoms with Crippen LogP contribution in [0.15, 0.2) is 16.2 Å². The van der Waals surface area contributed by atoms with Gasteiger partial charge in [0, 0.05) is 13.1 Å². The van der Waals surface area contributed by atoms with Crippen molar-refractivity contribution in [3.63, 3.8) is 0 Å². The van der Waals surface area contributed by atoms with Crippen LogP contribution in [0.3, 0.4) is 0 Å². The molecule has 0 fully saturated rings. The fourth-order valence-corrected chi connectivity index (χ4v) is 3.39. The van der Waals surface area contributed by atoms with E-state index in [0.29, 0.717) is 19.7 Å². The first-order valence-electron chi connectivity index (χ1n) is 7.84. The molecule has 0 unspecified atom stereocenters. The number of thiophene rings is 1. The molecule has 0 saturated carbocycles. The Labute approximate surface area is 135 Å². The molecule has 5 heteroatoms. The molecule has 0 atom stereocenters. The third-order valence-corrected chi connectivity index (χ3v) is 4.42. The van der Waals surface area contributed by atoms with Crippen molar-refractivity contribution in [2.24, 2.45) is 11.1 Å². The number of fused-ring (bicyclic) bond motifs is 1. The molecule has 22 heavy (non-hydrogen) atoms. The van der Waals surface area contributed by atoms with Crippen LogP contribution in [0.5, 0.6) is 5.75 Å². The average Bonchev–Trinajstić information content (AvgIpc) is 2.92. The van der Waals surface area contributed by atoms with Gasteiger partial charge in [0.15, 0.2) is 5.75 Å². The highest BCUT2D eigenvalue weighted by atomic mass is 32.1. The van der Waals surface area contributed by atoms with Gasteiger partial charge >= 0.3 is 0 Å². The number of nitrogens with zero attached hydrogens (tertiary/aromatic N) is 1. The van der Waals surface area contributed by atoms with E-state index in [2.05, 4.69) is 27.7 Å². The van der Waals surface area contributed by atoms with Crippen molar-refractivity contribution in [2.75, 3.05) is 6.61 Å². The molecule has 122 valence electrons. The van der Waals surface area contributed by atoms with Crippen molar-refractivity contribution in [3.8, 4) is 5.75 Å². The predicted octanol–water partition coefficient (Wildman–Crippen LogP) is 3.75. The van der Waals surface area contributed by atoms with Gasteiger partial charge in [-0.25, -0.2) is 0 Å². The molecule has 0 spiro atoms. The van der Waals surface area contributed by atoms with Gasteiger partial charge in [0.05, 0.1) is 22.4 Å². The lowest BCUT2D eigenvalue weighted by atomic mass is 9.96. The quantitative estimate of drug-likeness (QED) is 0.824. The summed E-state index contributed by atoms with van der Waals surface area (Å²) < 4.78 is 8.75. The predicted molar refractivity (Wildman–Crippen MR) is 93.8 cm³/mol. The Bertz CT molecular complexity index is 695. The zero-order chi connectivity index (χ0) is 16.3. The van der Waals surface area contributed by atoms with Crippen LogP contribution in [0.2, 0.25) is 0 Å². The normalized spacial score (nSPS) is 12.0. The topological polar surface area (TPSA) is 57.2 Å². The molecule has 2 rings (SSSR count). The van der Waals surface area contributed by atoms with Gasteiger partial charge in [-0.3, -0.25) is 4.79 Å². The van der Waals surface area contributed by atoms with E-state index in [4.69, 9.17) is 10.5 Å². The minimum atomic E-state index is -0.00185. The second-order valence-electron chi connectivity index (χ2n) is 6.80. The highest BCUT2D eigenvalue weighted by Crippen LogP contribution is 2.33. The van der Waals surface area contributed by atoms with Crippen molar-refractivity contribution < 1.29 is 4.74 Å². The van der Waals surface area contributed by atoms with Gasteiger partial charge in [-0.2, -0.15) is 0 Å². The molecule has 0 aliphatic rings. The number of hydrogen-bond acceptors (Lipinski definition) is 4. The molecule has 0 aliphatic carbocycles. The molecule has 4 nitrogen and oxygen atoms in total. The average molecular weight is 322 g/mol. The van der Waals surface area contributed by atoms with E-state index < -0.39 is 0 Å². The molecular weight excluding hydrogens is 296 g/mol. The molecule has 0 amide bonds. The van der Waals surface area contributed by atoms with E-state index in [0.717, 1.165) is 34.4 Å². The van der Waals surface area contributed by atoms with Crippen molar-refractivity contribution in [1.82, 2.24) is 4.57 Å². The van der Waals surface area contributed by atoms with Crippen LogP contribution in [0, 0.1) is 5.41 Å². The maximum Gasteiger partial charge on any atom is 0.259 e. The molecule has 2 heterocycles. The van der Waals surface area contributed by atoms with Crippen LogP contribution in [-0.2, 0) is 13.1 Å². The van der Waals surface area contributed by atoms with E-state index in [1.54, 1.807) is 15.9 Å². The highest BCUT2D eigenvalue weighted by molar-refractivity contribution is 7.17. The van der Waals surface area contributed by atoms with Crippen molar-refractivity contribution >= 4 is 21.4 Å². The first-order chi connectivity index (χ1) is 10.4. The largest absolute Gasteiger partial charge is 0.490 e. The van der Waals surface area contributed by atoms with Crippen LogP contribution >= 0.6 is 11.3 Å². The van der Waals surface area contributed by atoms with E-state index in [9.17, 15) is 4.79 Å². The van der Waals surface area contributed by atoms with E-state index in [1.807, 2.05) is 11.4 Å². The van der Waals surface area contributed by atoms with E-state index in [1.165, 1.54) is 0 Å². The minimum absolute atomic E-state index is 0.00185. The smallest absolute Gasteiger partial charge is 0.259 e. The van der Waals surface area contributed by atoms with Gasteiger partial charge in [0.2, 0.25) is 0 Å². The lowest BCUT2D eigenvalue weighted by Crippen LogP contribution is -2.31. The lowest BCUT2D eigenvalue weighted by Gasteiger charge is -2.24. The molecular formula is C17H26N2O2S. The Hall–Kier alpha value is -1.33. The van der Waals surface area contributed by atoms with Gasteiger partial charge in [-0.05, 0) is 23.3 Å². The summed E-state index contributed by atoms with van der Waals surface area (Å²) in [6.07, 6.45) is 2.07. The second-order valence-corrected chi connectivity index (χ2v) is 7.71. The SMILES string of the molecule is CCCCOc1c(CN)n(CC(C)(C)C)c(=O)c2ccsc12. The zero-order valence-electron chi connectivity index (χ0n) is 13.9. The Morgan fingerprint density at radius 1 is 1.36 bits per heavy atom. The van der Waals surface area contributed by atoms with Crippen LogP contribution in [-0.4, -0.2) is 11.2 Å². The number of rotatable bonds is 6. The van der Waals surface area contributed by atoms with Gasteiger partial charge < -0.3 is 15.0 Å². The number of hydrogen-bond donors (Lipinski definition) is 1.